The van der Waals surface area contributed by atoms with E-state index in [0.29, 0.717) is 0 Å². The van der Waals surface area contributed by atoms with Gasteiger partial charge in [0.15, 0.2) is 36.6 Å². The molecule has 2 heterocycles. The van der Waals surface area contributed by atoms with Crippen molar-refractivity contribution in [2.75, 3.05) is 13.2 Å². The Balaban J connectivity index is 2.43. The molecule has 0 bridgehead atoms. The van der Waals surface area contributed by atoms with E-state index in [1.807, 2.05) is 0 Å². The van der Waals surface area contributed by atoms with Crippen molar-refractivity contribution in [2.24, 2.45) is 47.3 Å². The first-order chi connectivity index (χ1) is 34.0. The van der Waals surface area contributed by atoms with E-state index in [1.54, 1.807) is 33.8 Å². The van der Waals surface area contributed by atoms with Gasteiger partial charge in [0.25, 0.3) is 0 Å². The molecule has 3 rings (SSSR count). The van der Waals surface area contributed by atoms with E-state index < -0.39 is 178 Å². The monoisotopic (exact) mass is 1060 g/mol. The predicted octanol–water partition coefficient (Wildman–Crippen LogP) is 6.46. The molecule has 73 heavy (non-hydrogen) atoms. The summed E-state index contributed by atoms with van der Waals surface area (Å²) in [5.74, 6) is -13.2. The maximum atomic E-state index is 15.9. The highest BCUT2D eigenvalue weighted by Gasteiger charge is 2.59. The Morgan fingerprint density at radius 3 is 0.932 bits per heavy atom. The first-order valence-electron chi connectivity index (χ1n) is 24.5. The smallest absolute Gasteiger partial charge is 0.463 e. The molecule has 0 N–H and O–H groups in total. The average molecular weight is 1060 g/mol. The Morgan fingerprint density at radius 1 is 0.397 bits per heavy atom. The maximum absolute atomic E-state index is 15.9. The van der Waals surface area contributed by atoms with Gasteiger partial charge >= 0.3 is 55.6 Å². The lowest BCUT2D eigenvalue weighted by Crippen LogP contribution is -2.64. The molecular weight excluding hydrogens is 984 g/mol. The topological polar surface area (TPSA) is 274 Å². The van der Waals surface area contributed by atoms with Crippen LogP contribution in [0.4, 0.5) is 0 Å². The zero-order valence-electron chi connectivity index (χ0n) is 44.6. The van der Waals surface area contributed by atoms with Crippen molar-refractivity contribution in [3.63, 3.8) is 0 Å². The molecule has 2 aliphatic heterocycles. The van der Waals surface area contributed by atoms with Crippen molar-refractivity contribution < 1.29 is 104 Å². The standard InChI is InChI=1S/C50H75O22P/c1-24(2)41(51)60-22-33-35(64-43(53)26(5)6)37(66-45(55)28(9)10)39(68-47(57)30(13)14)49(62-33)71-73(59,70-32-20-18-17-19-21-32)72-50-40(69-48(58)31(15)16)38(67-46(56)29(11)12)36(65-44(54)27(7)8)34(63-50)23-61-42(52)25(3)4/h17-21,24-31,33-40,49-50H,22-23H2,1-16H3/t33-,34-,35-,36-,37+,38+,39+,40+,49-,50-/m1/s1. The summed E-state index contributed by atoms with van der Waals surface area (Å²) in [4.78, 5) is 107. The van der Waals surface area contributed by atoms with Crippen LogP contribution in [0, 0.1) is 47.3 Å². The number of hydrogen-bond acceptors (Lipinski definition) is 22. The van der Waals surface area contributed by atoms with Crippen LogP contribution in [0.3, 0.4) is 0 Å². The summed E-state index contributed by atoms with van der Waals surface area (Å²) in [6.45, 7) is 22.8. The zero-order valence-corrected chi connectivity index (χ0v) is 45.5. The number of carbonyl (C=O) groups is 8. The lowest BCUT2D eigenvalue weighted by Gasteiger charge is -2.46. The fourth-order valence-electron chi connectivity index (χ4n) is 6.21. The molecule has 0 spiro atoms. The Bertz CT molecular complexity index is 1960. The van der Waals surface area contributed by atoms with Crippen LogP contribution in [0.15, 0.2) is 30.3 Å². The SMILES string of the molecule is CC(C)C(=O)OC[C@H]1O[C@H](OP(=O)(Oc2ccccc2)O[C@H]2O[C@H](COC(=O)C(C)C)[C@@H](OC(=O)C(C)C)[C@H](OC(=O)C(C)C)[C@@H]2OC(=O)C(C)C)[C@@H](OC(=O)C(C)C)[C@@H](OC(=O)C(C)C)[C@@H]1OC(=O)C(C)C. The van der Waals surface area contributed by atoms with Crippen LogP contribution in [0.5, 0.6) is 5.75 Å². The zero-order chi connectivity index (χ0) is 55.2. The second-order valence-corrected chi connectivity index (χ2v) is 21.6. The third-order valence-corrected chi connectivity index (χ3v) is 12.0. The molecule has 0 radical (unpaired) electrons. The number of rotatable bonds is 24. The quantitative estimate of drug-likeness (QED) is 0.0610. The van der Waals surface area contributed by atoms with Crippen LogP contribution in [-0.4, -0.2) is 122 Å². The third-order valence-electron chi connectivity index (χ3n) is 10.7. The summed E-state index contributed by atoms with van der Waals surface area (Å²) in [7, 11) is -5.58. The van der Waals surface area contributed by atoms with Crippen molar-refractivity contribution in [1.82, 2.24) is 0 Å². The van der Waals surface area contributed by atoms with Gasteiger partial charge in [-0.25, -0.2) is 13.6 Å². The number of para-hydroxylation sites is 1. The Labute approximate surface area is 427 Å². The van der Waals surface area contributed by atoms with Crippen molar-refractivity contribution in [3.05, 3.63) is 30.3 Å². The predicted molar refractivity (Wildman–Crippen MR) is 254 cm³/mol. The minimum Gasteiger partial charge on any atom is -0.463 e. The second-order valence-electron chi connectivity index (χ2n) is 20.1. The first-order valence-corrected chi connectivity index (χ1v) is 26.0. The van der Waals surface area contributed by atoms with Gasteiger partial charge in [0, 0.05) is 0 Å². The van der Waals surface area contributed by atoms with Crippen LogP contribution in [0.1, 0.15) is 111 Å². The van der Waals surface area contributed by atoms with Gasteiger partial charge in [0.2, 0.25) is 12.6 Å². The molecule has 23 heteroatoms. The highest BCUT2D eigenvalue weighted by atomic mass is 31.2. The molecule has 1 aromatic rings. The van der Waals surface area contributed by atoms with Crippen molar-refractivity contribution in [2.45, 2.75) is 172 Å². The molecule has 1 aromatic carbocycles. The molecule has 412 valence electrons. The Kier molecular flexibility index (Phi) is 23.8. The fourth-order valence-corrected chi connectivity index (χ4v) is 7.58. The van der Waals surface area contributed by atoms with Gasteiger partial charge in [0.05, 0.1) is 47.3 Å². The summed E-state index contributed by atoms with van der Waals surface area (Å²) in [6, 6.07) is 7.29. The lowest BCUT2D eigenvalue weighted by atomic mass is 9.97. The van der Waals surface area contributed by atoms with Gasteiger partial charge in [0.1, 0.15) is 31.2 Å². The number of esters is 8. The molecule has 2 fully saturated rings. The van der Waals surface area contributed by atoms with Gasteiger partial charge in [-0.05, 0) is 12.1 Å². The van der Waals surface area contributed by atoms with E-state index in [-0.39, 0.29) is 5.75 Å². The molecule has 0 unspecified atom stereocenters. The van der Waals surface area contributed by atoms with Crippen LogP contribution in [-0.2, 0) is 99.3 Å². The highest BCUT2D eigenvalue weighted by molar-refractivity contribution is 7.49. The van der Waals surface area contributed by atoms with E-state index in [1.165, 1.54) is 107 Å². The Hall–Kier alpha value is -5.15. The molecule has 10 atom stereocenters. The summed E-state index contributed by atoms with van der Waals surface area (Å²) in [6.07, 6.45) is -18.7. The summed E-state index contributed by atoms with van der Waals surface area (Å²) < 4.78 is 93.6. The number of ether oxygens (including phenoxy) is 10. The third kappa shape index (κ3) is 18.3. The van der Waals surface area contributed by atoms with E-state index >= 15 is 4.57 Å². The number of phosphoric acid groups is 1. The molecular formula is C50H75O22P. The minimum absolute atomic E-state index is 0.188. The van der Waals surface area contributed by atoms with Crippen LogP contribution >= 0.6 is 7.82 Å². The van der Waals surface area contributed by atoms with Crippen LogP contribution in [0.2, 0.25) is 0 Å². The fraction of sp³-hybridized carbons (Fsp3) is 0.720. The molecule has 22 nitrogen and oxygen atoms in total. The number of hydrogen-bond donors (Lipinski definition) is 0. The Morgan fingerprint density at radius 2 is 0.658 bits per heavy atom. The van der Waals surface area contributed by atoms with E-state index in [4.69, 9.17) is 60.9 Å². The first kappa shape index (κ1) is 62.1. The van der Waals surface area contributed by atoms with E-state index in [0.717, 1.165) is 0 Å². The van der Waals surface area contributed by atoms with Gasteiger partial charge in [-0.3, -0.25) is 38.4 Å². The average Bonchev–Trinajstić information content (AvgIpc) is 3.30. The van der Waals surface area contributed by atoms with E-state index in [9.17, 15) is 38.4 Å². The van der Waals surface area contributed by atoms with Gasteiger partial charge in [-0.2, -0.15) is 0 Å². The van der Waals surface area contributed by atoms with Crippen molar-refractivity contribution in [3.8, 4) is 5.75 Å². The molecule has 0 aliphatic carbocycles. The summed E-state index contributed by atoms with van der Waals surface area (Å²) in [5.41, 5.74) is 0. The van der Waals surface area contributed by atoms with Crippen molar-refractivity contribution >= 4 is 55.6 Å². The minimum atomic E-state index is -5.58. The van der Waals surface area contributed by atoms with Crippen molar-refractivity contribution in [1.29, 1.82) is 0 Å². The number of carbonyl (C=O) groups excluding carboxylic acids is 8. The van der Waals surface area contributed by atoms with Gasteiger partial charge < -0.3 is 51.9 Å². The van der Waals surface area contributed by atoms with E-state index in [2.05, 4.69) is 0 Å². The summed E-state index contributed by atoms with van der Waals surface area (Å²) >= 11 is 0. The second kappa shape index (κ2) is 27.9. The normalized spacial score (nSPS) is 25.0. The van der Waals surface area contributed by atoms with Gasteiger partial charge in [-0.15, -0.1) is 0 Å². The number of phosphoric ester groups is 1. The molecule has 0 aromatic heterocycles. The molecule has 2 aliphatic rings. The number of benzene rings is 1. The molecule has 2 saturated heterocycles. The maximum Gasteiger partial charge on any atom is 0.535 e. The largest absolute Gasteiger partial charge is 0.535 e. The molecule has 0 saturated carbocycles. The molecule has 0 amide bonds. The van der Waals surface area contributed by atoms with Gasteiger partial charge in [-0.1, -0.05) is 129 Å². The highest BCUT2D eigenvalue weighted by Crippen LogP contribution is 2.55. The lowest BCUT2D eigenvalue weighted by molar-refractivity contribution is -0.306. The van der Waals surface area contributed by atoms with Crippen LogP contribution < -0.4 is 4.52 Å². The summed E-state index contributed by atoms with van der Waals surface area (Å²) in [5, 5.41) is 0. The van der Waals surface area contributed by atoms with Crippen LogP contribution in [0.25, 0.3) is 0 Å².